The van der Waals surface area contributed by atoms with Crippen molar-refractivity contribution in [3.05, 3.63) is 42.0 Å². The molecule has 0 spiro atoms. The van der Waals surface area contributed by atoms with Crippen LogP contribution < -0.4 is 0 Å². The molecule has 3 rings (SSSR count). The second-order valence-corrected chi connectivity index (χ2v) is 8.62. The molecule has 0 N–H and O–H groups in total. The summed E-state index contributed by atoms with van der Waals surface area (Å²) < 4.78 is 16.8. The zero-order valence-electron chi connectivity index (χ0n) is 18.7. The van der Waals surface area contributed by atoms with E-state index in [2.05, 4.69) is 29.0 Å². The molecular weight excluding hydrogens is 392 g/mol. The van der Waals surface area contributed by atoms with Gasteiger partial charge in [-0.05, 0) is 37.7 Å². The van der Waals surface area contributed by atoms with Gasteiger partial charge in [0.15, 0.2) is 6.29 Å². The minimum atomic E-state index is -0.184. The van der Waals surface area contributed by atoms with Crippen LogP contribution in [-0.4, -0.2) is 37.9 Å². The molecule has 0 radical (unpaired) electrons. The van der Waals surface area contributed by atoms with Gasteiger partial charge in [-0.2, -0.15) is 0 Å². The standard InChI is InChI=1S/C26H36O5/c1-29-25(28)14-8-3-2-7-13-21-22(17-16-20-11-5-4-6-12-20)24(19-23(21)27)31-26-15-9-10-18-30-26/h4-6,11-12,16-17,21-22,24,26H,2-3,7-10,13-15,18-19H2,1H3/b17-16+/t21?,22?,24-,26?/m1/s1. The fourth-order valence-corrected chi connectivity index (χ4v) is 4.60. The molecule has 0 bridgehead atoms. The van der Waals surface area contributed by atoms with Gasteiger partial charge in [-0.15, -0.1) is 0 Å². The van der Waals surface area contributed by atoms with Gasteiger partial charge in [0, 0.05) is 31.3 Å². The summed E-state index contributed by atoms with van der Waals surface area (Å²) >= 11 is 0. The number of benzene rings is 1. The number of hydrogen-bond donors (Lipinski definition) is 0. The van der Waals surface area contributed by atoms with E-state index in [0.717, 1.165) is 63.5 Å². The third-order valence-electron chi connectivity index (χ3n) is 6.36. The van der Waals surface area contributed by atoms with E-state index in [1.807, 2.05) is 18.2 Å². The van der Waals surface area contributed by atoms with Gasteiger partial charge in [0.05, 0.1) is 13.2 Å². The number of carbonyl (C=O) groups excluding carboxylic acids is 2. The summed E-state index contributed by atoms with van der Waals surface area (Å²) in [6, 6.07) is 10.2. The first-order chi connectivity index (χ1) is 15.2. The van der Waals surface area contributed by atoms with Crippen molar-refractivity contribution in [3.8, 4) is 0 Å². The first-order valence-electron chi connectivity index (χ1n) is 11.8. The molecule has 1 aliphatic heterocycles. The number of ether oxygens (including phenoxy) is 3. The van der Waals surface area contributed by atoms with Crippen LogP contribution in [0.15, 0.2) is 36.4 Å². The molecule has 2 fully saturated rings. The van der Waals surface area contributed by atoms with Crippen LogP contribution in [-0.2, 0) is 23.8 Å². The van der Waals surface area contributed by atoms with Crippen LogP contribution in [0.4, 0.5) is 0 Å². The lowest BCUT2D eigenvalue weighted by Crippen LogP contribution is -2.30. The first-order valence-corrected chi connectivity index (χ1v) is 11.8. The lowest BCUT2D eigenvalue weighted by Gasteiger charge is -2.28. The molecule has 2 aliphatic rings. The Morgan fingerprint density at radius 2 is 1.94 bits per heavy atom. The molecule has 1 aromatic rings. The molecule has 1 aliphatic carbocycles. The van der Waals surface area contributed by atoms with Gasteiger partial charge in [-0.25, -0.2) is 0 Å². The minimum absolute atomic E-state index is 0.00541. The number of carbonyl (C=O) groups is 2. The molecule has 4 atom stereocenters. The third-order valence-corrected chi connectivity index (χ3v) is 6.36. The summed E-state index contributed by atoms with van der Waals surface area (Å²) in [5, 5.41) is 0. The largest absolute Gasteiger partial charge is 0.469 e. The lowest BCUT2D eigenvalue weighted by molar-refractivity contribution is -0.192. The highest BCUT2D eigenvalue weighted by atomic mass is 16.7. The molecule has 31 heavy (non-hydrogen) atoms. The van der Waals surface area contributed by atoms with Crippen molar-refractivity contribution in [3.63, 3.8) is 0 Å². The first kappa shape index (κ1) is 23.7. The SMILES string of the molecule is COC(=O)CCCCCCC1C(=O)C[C@@H](OC2CCCCO2)C1/C=C/c1ccccc1. The highest BCUT2D eigenvalue weighted by Gasteiger charge is 2.42. The maximum absolute atomic E-state index is 12.9. The second kappa shape index (κ2) is 12.8. The van der Waals surface area contributed by atoms with Crippen molar-refractivity contribution in [1.82, 2.24) is 0 Å². The maximum Gasteiger partial charge on any atom is 0.305 e. The average molecular weight is 429 g/mol. The summed E-state index contributed by atoms with van der Waals surface area (Å²) in [6.45, 7) is 0.741. The highest BCUT2D eigenvalue weighted by molar-refractivity contribution is 5.85. The topological polar surface area (TPSA) is 61.8 Å². The van der Waals surface area contributed by atoms with E-state index < -0.39 is 0 Å². The van der Waals surface area contributed by atoms with E-state index >= 15 is 0 Å². The monoisotopic (exact) mass is 428 g/mol. The van der Waals surface area contributed by atoms with Gasteiger partial charge in [0.2, 0.25) is 0 Å². The summed E-state index contributed by atoms with van der Waals surface area (Å²) in [6.07, 6.45) is 12.7. The van der Waals surface area contributed by atoms with Crippen molar-refractivity contribution in [2.24, 2.45) is 11.8 Å². The van der Waals surface area contributed by atoms with Crippen LogP contribution >= 0.6 is 0 Å². The Kier molecular flexibility index (Phi) is 9.76. The maximum atomic E-state index is 12.9. The molecule has 5 heteroatoms. The smallest absolute Gasteiger partial charge is 0.305 e. The summed E-state index contributed by atoms with van der Waals surface area (Å²) in [5.74, 6) is 0.225. The van der Waals surface area contributed by atoms with Crippen molar-refractivity contribution in [2.75, 3.05) is 13.7 Å². The van der Waals surface area contributed by atoms with Crippen LogP contribution in [0.2, 0.25) is 0 Å². The number of unbranched alkanes of at least 4 members (excludes halogenated alkanes) is 3. The Bertz CT molecular complexity index is 708. The average Bonchev–Trinajstić information content (AvgIpc) is 3.09. The van der Waals surface area contributed by atoms with Gasteiger partial charge >= 0.3 is 5.97 Å². The number of hydrogen-bond acceptors (Lipinski definition) is 5. The third kappa shape index (κ3) is 7.58. The van der Waals surface area contributed by atoms with Crippen LogP contribution in [0, 0.1) is 11.8 Å². The summed E-state index contributed by atoms with van der Waals surface area (Å²) in [7, 11) is 1.42. The van der Waals surface area contributed by atoms with Gasteiger partial charge in [-0.3, -0.25) is 9.59 Å². The number of rotatable bonds is 11. The molecule has 1 heterocycles. The van der Waals surface area contributed by atoms with Crippen molar-refractivity contribution in [1.29, 1.82) is 0 Å². The molecule has 0 amide bonds. The van der Waals surface area contributed by atoms with Gasteiger partial charge < -0.3 is 14.2 Å². The lowest BCUT2D eigenvalue weighted by atomic mass is 9.88. The number of esters is 1. The van der Waals surface area contributed by atoms with Crippen LogP contribution in [0.5, 0.6) is 0 Å². The summed E-state index contributed by atoms with van der Waals surface area (Å²) in [4.78, 5) is 24.1. The van der Waals surface area contributed by atoms with E-state index in [1.54, 1.807) is 0 Å². The number of ketones is 1. The minimum Gasteiger partial charge on any atom is -0.469 e. The van der Waals surface area contributed by atoms with Gasteiger partial charge in [0.1, 0.15) is 5.78 Å². The molecule has 5 nitrogen and oxygen atoms in total. The Hall–Kier alpha value is -1.98. The van der Waals surface area contributed by atoms with E-state index in [1.165, 1.54) is 7.11 Å². The normalized spacial score (nSPS) is 26.4. The zero-order chi connectivity index (χ0) is 21.9. The molecule has 1 saturated carbocycles. The Morgan fingerprint density at radius 3 is 2.68 bits per heavy atom. The zero-order valence-corrected chi connectivity index (χ0v) is 18.7. The van der Waals surface area contributed by atoms with Gasteiger partial charge in [-0.1, -0.05) is 61.7 Å². The molecule has 1 aromatic carbocycles. The molecule has 1 saturated heterocycles. The Morgan fingerprint density at radius 1 is 1.13 bits per heavy atom. The van der Waals surface area contributed by atoms with E-state index in [4.69, 9.17) is 9.47 Å². The summed E-state index contributed by atoms with van der Waals surface area (Å²) in [5.41, 5.74) is 1.14. The predicted octanol–water partition coefficient (Wildman–Crippen LogP) is 5.33. The van der Waals surface area contributed by atoms with Crippen LogP contribution in [0.25, 0.3) is 6.08 Å². The van der Waals surface area contributed by atoms with Crippen LogP contribution in [0.1, 0.15) is 69.8 Å². The Labute approximate surface area is 186 Å². The molecule has 3 unspecified atom stereocenters. The van der Waals surface area contributed by atoms with E-state index in [9.17, 15) is 9.59 Å². The quantitative estimate of drug-likeness (QED) is 0.352. The molecule has 170 valence electrons. The Balaban J connectivity index is 1.57. The van der Waals surface area contributed by atoms with Crippen LogP contribution in [0.3, 0.4) is 0 Å². The molecular formula is C26H36O5. The second-order valence-electron chi connectivity index (χ2n) is 8.62. The molecule has 0 aromatic heterocycles. The fourth-order valence-electron chi connectivity index (χ4n) is 4.60. The number of methoxy groups -OCH3 is 1. The predicted molar refractivity (Wildman–Crippen MR) is 120 cm³/mol. The van der Waals surface area contributed by atoms with E-state index in [-0.39, 0.29) is 30.2 Å². The van der Waals surface area contributed by atoms with Crippen molar-refractivity contribution in [2.45, 2.75) is 76.6 Å². The van der Waals surface area contributed by atoms with E-state index in [0.29, 0.717) is 18.6 Å². The highest BCUT2D eigenvalue weighted by Crippen LogP contribution is 2.38. The van der Waals surface area contributed by atoms with Crippen molar-refractivity contribution < 1.29 is 23.8 Å². The fraction of sp³-hybridized carbons (Fsp3) is 0.615. The number of Topliss-reactive ketones (excluding diaryl/α,β-unsaturated/α-hetero) is 1. The van der Waals surface area contributed by atoms with Gasteiger partial charge in [0.25, 0.3) is 0 Å². The van der Waals surface area contributed by atoms with Crippen molar-refractivity contribution >= 4 is 17.8 Å².